The highest BCUT2D eigenvalue weighted by molar-refractivity contribution is 5.64. The molecule has 6 nitrogen and oxygen atoms in total. The first-order valence-corrected chi connectivity index (χ1v) is 9.70. The van der Waals surface area contributed by atoms with Crippen molar-refractivity contribution in [1.29, 1.82) is 0 Å². The van der Waals surface area contributed by atoms with Gasteiger partial charge in [0, 0.05) is 55.2 Å². The van der Waals surface area contributed by atoms with Crippen molar-refractivity contribution >= 4 is 23.1 Å². The third-order valence-corrected chi connectivity index (χ3v) is 4.64. The van der Waals surface area contributed by atoms with Crippen LogP contribution in [0.25, 0.3) is 0 Å². The van der Waals surface area contributed by atoms with E-state index in [9.17, 15) is 0 Å². The van der Waals surface area contributed by atoms with E-state index in [4.69, 9.17) is 0 Å². The molecule has 0 aliphatic carbocycles. The monoisotopic (exact) mass is 376 g/mol. The Labute approximate surface area is 167 Å². The Balaban J connectivity index is 1.74. The summed E-state index contributed by atoms with van der Waals surface area (Å²) in [5.41, 5.74) is 5.43. The predicted octanol–water partition coefficient (Wildman–Crippen LogP) is 4.69. The number of hydrogen-bond donors (Lipinski definition) is 2. The molecule has 6 heteroatoms. The summed E-state index contributed by atoms with van der Waals surface area (Å²) in [6.07, 6.45) is 3.62. The molecular weight excluding hydrogens is 348 g/mol. The first-order valence-electron chi connectivity index (χ1n) is 9.70. The zero-order chi connectivity index (χ0) is 19.9. The zero-order valence-corrected chi connectivity index (χ0v) is 17.0. The highest BCUT2D eigenvalue weighted by atomic mass is 15.1. The average Bonchev–Trinajstić information content (AvgIpc) is 2.70. The van der Waals surface area contributed by atoms with Crippen LogP contribution in [-0.4, -0.2) is 28.0 Å². The molecule has 3 rings (SSSR count). The van der Waals surface area contributed by atoms with Crippen molar-refractivity contribution in [3.05, 3.63) is 65.6 Å². The first kappa shape index (κ1) is 19.6. The average molecular weight is 377 g/mol. The molecule has 0 unspecified atom stereocenters. The SMILES string of the molecule is CCN(CC)c1ccc(Nc2nc(C)cc(NCc3cccnc3)n2)c(C)c1. The number of nitrogens with one attached hydrogen (secondary N) is 2. The van der Waals surface area contributed by atoms with Crippen molar-refractivity contribution < 1.29 is 0 Å². The van der Waals surface area contributed by atoms with Crippen LogP contribution in [0.3, 0.4) is 0 Å². The van der Waals surface area contributed by atoms with E-state index in [2.05, 4.69) is 69.5 Å². The van der Waals surface area contributed by atoms with Crippen molar-refractivity contribution in [2.75, 3.05) is 28.6 Å². The standard InChI is InChI=1S/C22H28N6/c1-5-28(6-2)19-9-10-20(16(3)12-19)26-22-25-17(4)13-21(27-22)24-15-18-8-7-11-23-14-18/h7-14H,5-6,15H2,1-4H3,(H2,24,25,26,27). The molecule has 2 N–H and O–H groups in total. The van der Waals surface area contributed by atoms with E-state index >= 15 is 0 Å². The maximum Gasteiger partial charge on any atom is 0.229 e. The van der Waals surface area contributed by atoms with E-state index in [0.29, 0.717) is 12.5 Å². The van der Waals surface area contributed by atoms with Crippen LogP contribution in [0.1, 0.15) is 30.7 Å². The van der Waals surface area contributed by atoms with Gasteiger partial charge in [0.15, 0.2) is 0 Å². The molecular formula is C22H28N6. The van der Waals surface area contributed by atoms with Gasteiger partial charge in [0.1, 0.15) is 5.82 Å². The minimum atomic E-state index is 0.590. The topological polar surface area (TPSA) is 66.0 Å². The van der Waals surface area contributed by atoms with E-state index in [-0.39, 0.29) is 0 Å². The van der Waals surface area contributed by atoms with Gasteiger partial charge in [-0.15, -0.1) is 0 Å². The summed E-state index contributed by atoms with van der Waals surface area (Å²) in [5.74, 6) is 1.38. The fourth-order valence-electron chi connectivity index (χ4n) is 3.10. The Morgan fingerprint density at radius 3 is 2.50 bits per heavy atom. The van der Waals surface area contributed by atoms with Gasteiger partial charge in [-0.3, -0.25) is 4.98 Å². The van der Waals surface area contributed by atoms with E-state index in [1.54, 1.807) is 6.20 Å². The number of anilines is 4. The highest BCUT2D eigenvalue weighted by Gasteiger charge is 2.08. The second-order valence-corrected chi connectivity index (χ2v) is 6.73. The van der Waals surface area contributed by atoms with E-state index in [1.165, 1.54) is 11.3 Å². The summed E-state index contributed by atoms with van der Waals surface area (Å²) >= 11 is 0. The van der Waals surface area contributed by atoms with Gasteiger partial charge in [-0.1, -0.05) is 6.07 Å². The molecule has 146 valence electrons. The molecule has 0 bridgehead atoms. The van der Waals surface area contributed by atoms with Gasteiger partial charge in [0.05, 0.1) is 0 Å². The Morgan fingerprint density at radius 2 is 1.82 bits per heavy atom. The van der Waals surface area contributed by atoms with Gasteiger partial charge in [0.25, 0.3) is 0 Å². The van der Waals surface area contributed by atoms with Gasteiger partial charge in [-0.05, 0) is 63.1 Å². The lowest BCUT2D eigenvalue weighted by molar-refractivity contribution is 0.866. The molecule has 0 saturated heterocycles. The van der Waals surface area contributed by atoms with Gasteiger partial charge in [0.2, 0.25) is 5.95 Å². The minimum Gasteiger partial charge on any atom is -0.372 e. The molecule has 0 radical (unpaired) electrons. The van der Waals surface area contributed by atoms with Crippen LogP contribution >= 0.6 is 0 Å². The predicted molar refractivity (Wildman–Crippen MR) is 116 cm³/mol. The maximum atomic E-state index is 4.61. The van der Waals surface area contributed by atoms with Crippen LogP contribution in [0, 0.1) is 13.8 Å². The van der Waals surface area contributed by atoms with Gasteiger partial charge in [-0.2, -0.15) is 4.98 Å². The molecule has 0 spiro atoms. The van der Waals surface area contributed by atoms with Gasteiger partial charge >= 0.3 is 0 Å². The summed E-state index contributed by atoms with van der Waals surface area (Å²) in [6.45, 7) is 11.1. The smallest absolute Gasteiger partial charge is 0.229 e. The summed E-state index contributed by atoms with van der Waals surface area (Å²) < 4.78 is 0. The van der Waals surface area contributed by atoms with Crippen molar-refractivity contribution in [3.63, 3.8) is 0 Å². The Bertz CT molecular complexity index is 906. The fourth-order valence-corrected chi connectivity index (χ4v) is 3.10. The van der Waals surface area contributed by atoms with Crippen LogP contribution < -0.4 is 15.5 Å². The zero-order valence-electron chi connectivity index (χ0n) is 17.0. The fraction of sp³-hybridized carbons (Fsp3) is 0.318. The van der Waals surface area contributed by atoms with E-state index < -0.39 is 0 Å². The number of hydrogen-bond acceptors (Lipinski definition) is 6. The molecule has 28 heavy (non-hydrogen) atoms. The summed E-state index contributed by atoms with van der Waals surface area (Å²) in [4.78, 5) is 15.6. The molecule has 0 saturated carbocycles. The van der Waals surface area contributed by atoms with Gasteiger partial charge < -0.3 is 15.5 Å². The summed E-state index contributed by atoms with van der Waals surface area (Å²) in [5, 5.41) is 6.70. The van der Waals surface area contributed by atoms with Crippen molar-refractivity contribution in [1.82, 2.24) is 15.0 Å². The van der Waals surface area contributed by atoms with Crippen molar-refractivity contribution in [2.24, 2.45) is 0 Å². The molecule has 0 atom stereocenters. The van der Waals surface area contributed by atoms with Gasteiger partial charge in [-0.25, -0.2) is 4.98 Å². The second-order valence-electron chi connectivity index (χ2n) is 6.73. The van der Waals surface area contributed by atoms with Crippen LogP contribution in [0.15, 0.2) is 48.8 Å². The minimum absolute atomic E-state index is 0.590. The Morgan fingerprint density at radius 1 is 1.00 bits per heavy atom. The lowest BCUT2D eigenvalue weighted by Gasteiger charge is -2.22. The second kappa shape index (κ2) is 9.17. The molecule has 1 aromatic carbocycles. The van der Waals surface area contributed by atoms with Crippen LogP contribution in [0.4, 0.5) is 23.1 Å². The molecule has 0 amide bonds. The third-order valence-electron chi connectivity index (χ3n) is 4.64. The Hall–Kier alpha value is -3.15. The number of nitrogens with zero attached hydrogens (tertiary/aromatic N) is 4. The molecule has 2 heterocycles. The number of aryl methyl sites for hydroxylation is 2. The molecule has 0 aliphatic rings. The maximum absolute atomic E-state index is 4.61. The number of aromatic nitrogens is 3. The molecule has 0 fully saturated rings. The number of benzene rings is 1. The largest absolute Gasteiger partial charge is 0.372 e. The Kier molecular flexibility index (Phi) is 6.42. The lowest BCUT2D eigenvalue weighted by Crippen LogP contribution is -2.21. The number of pyridine rings is 1. The normalized spacial score (nSPS) is 10.6. The van der Waals surface area contributed by atoms with E-state index in [0.717, 1.165) is 35.9 Å². The lowest BCUT2D eigenvalue weighted by atomic mass is 10.1. The van der Waals surface area contributed by atoms with Crippen molar-refractivity contribution in [3.8, 4) is 0 Å². The molecule has 3 aromatic rings. The third kappa shape index (κ3) is 4.97. The quantitative estimate of drug-likeness (QED) is 0.594. The first-order chi connectivity index (χ1) is 13.6. The summed E-state index contributed by atoms with van der Waals surface area (Å²) in [7, 11) is 0. The van der Waals surface area contributed by atoms with Crippen molar-refractivity contribution in [2.45, 2.75) is 34.2 Å². The van der Waals surface area contributed by atoms with Crippen LogP contribution in [0.5, 0.6) is 0 Å². The molecule has 2 aromatic heterocycles. The highest BCUT2D eigenvalue weighted by Crippen LogP contribution is 2.25. The van der Waals surface area contributed by atoms with E-state index in [1.807, 2.05) is 31.3 Å². The van der Waals surface area contributed by atoms with Crippen LogP contribution in [0.2, 0.25) is 0 Å². The number of rotatable bonds is 8. The molecule has 0 aliphatic heterocycles. The summed E-state index contributed by atoms with van der Waals surface area (Å²) in [6, 6.07) is 12.3. The van der Waals surface area contributed by atoms with Crippen LogP contribution in [-0.2, 0) is 6.54 Å².